The molecule has 1 saturated heterocycles. The molecule has 0 aromatic heterocycles. The van der Waals surface area contributed by atoms with Gasteiger partial charge in [0.2, 0.25) is 0 Å². The van der Waals surface area contributed by atoms with Gasteiger partial charge in [0, 0.05) is 24.2 Å². The predicted octanol–water partition coefficient (Wildman–Crippen LogP) is 3.34. The highest BCUT2D eigenvalue weighted by Crippen LogP contribution is 2.38. The Morgan fingerprint density at radius 3 is 2.54 bits per heavy atom. The molecule has 1 amide bonds. The number of nitrogens with zero attached hydrogens (tertiary/aromatic N) is 2. The van der Waals surface area contributed by atoms with E-state index >= 15 is 0 Å². The zero-order valence-electron chi connectivity index (χ0n) is 14.1. The Labute approximate surface area is 150 Å². The predicted molar refractivity (Wildman–Crippen MR) is 93.5 cm³/mol. The van der Waals surface area contributed by atoms with E-state index in [1.807, 2.05) is 23.1 Å². The summed E-state index contributed by atoms with van der Waals surface area (Å²) in [5.41, 5.74) is 1.45. The molecule has 0 aliphatic carbocycles. The molecule has 7 nitrogen and oxygen atoms in total. The average molecular weight is 354 g/mol. The van der Waals surface area contributed by atoms with Gasteiger partial charge in [0.05, 0.1) is 11.0 Å². The lowest BCUT2D eigenvalue weighted by Crippen LogP contribution is -2.30. The van der Waals surface area contributed by atoms with Crippen molar-refractivity contribution in [2.45, 2.75) is 18.9 Å². The summed E-state index contributed by atoms with van der Waals surface area (Å²) in [5.74, 6) is 1.33. The molecule has 0 saturated carbocycles. The first-order valence-corrected chi connectivity index (χ1v) is 8.58. The third kappa shape index (κ3) is 2.96. The standard InChI is InChI=1S/C19H18N2O5/c22-19(13-3-6-15(7-4-13)21(23)24)20-9-1-2-16(20)14-5-8-17-18(12-14)26-11-10-25-17/h3-8,12,16H,1-2,9-11H2/t16-/m1/s1. The molecule has 0 bridgehead atoms. The maximum atomic E-state index is 12.9. The van der Waals surface area contributed by atoms with Crippen LogP contribution in [0.5, 0.6) is 11.5 Å². The number of hydrogen-bond donors (Lipinski definition) is 0. The minimum atomic E-state index is -0.470. The van der Waals surface area contributed by atoms with Gasteiger partial charge >= 0.3 is 0 Å². The number of non-ortho nitro benzene ring substituents is 1. The number of nitro benzene ring substituents is 1. The van der Waals surface area contributed by atoms with E-state index < -0.39 is 4.92 Å². The van der Waals surface area contributed by atoms with Crippen LogP contribution in [0.25, 0.3) is 0 Å². The van der Waals surface area contributed by atoms with Crippen molar-refractivity contribution in [1.82, 2.24) is 4.90 Å². The zero-order chi connectivity index (χ0) is 18.1. The Morgan fingerprint density at radius 2 is 1.81 bits per heavy atom. The van der Waals surface area contributed by atoms with Gasteiger partial charge in [0.15, 0.2) is 11.5 Å². The average Bonchev–Trinajstić information content (AvgIpc) is 3.17. The summed E-state index contributed by atoms with van der Waals surface area (Å²) in [4.78, 5) is 25.0. The maximum absolute atomic E-state index is 12.9. The second-order valence-corrected chi connectivity index (χ2v) is 6.36. The fourth-order valence-corrected chi connectivity index (χ4v) is 3.52. The second kappa shape index (κ2) is 6.67. The minimum absolute atomic E-state index is 0.0219. The number of amides is 1. The molecule has 2 aliphatic heterocycles. The summed E-state index contributed by atoms with van der Waals surface area (Å²) >= 11 is 0. The van der Waals surface area contributed by atoms with Gasteiger partial charge in [-0.05, 0) is 42.7 Å². The fourth-order valence-electron chi connectivity index (χ4n) is 3.52. The van der Waals surface area contributed by atoms with Crippen molar-refractivity contribution in [3.05, 3.63) is 63.7 Å². The van der Waals surface area contributed by atoms with Crippen LogP contribution in [0.15, 0.2) is 42.5 Å². The fraction of sp³-hybridized carbons (Fsp3) is 0.316. The Hall–Kier alpha value is -3.09. The van der Waals surface area contributed by atoms with Crippen LogP contribution in [0.2, 0.25) is 0 Å². The van der Waals surface area contributed by atoms with Crippen LogP contribution in [0, 0.1) is 10.1 Å². The third-order valence-electron chi connectivity index (χ3n) is 4.79. The van der Waals surface area contributed by atoms with Crippen LogP contribution in [0.3, 0.4) is 0 Å². The van der Waals surface area contributed by atoms with Gasteiger partial charge in [0.1, 0.15) is 13.2 Å². The zero-order valence-corrected chi connectivity index (χ0v) is 14.1. The monoisotopic (exact) mass is 354 g/mol. The summed E-state index contributed by atoms with van der Waals surface area (Å²) < 4.78 is 11.2. The van der Waals surface area contributed by atoms with Crippen molar-refractivity contribution in [3.8, 4) is 11.5 Å². The van der Waals surface area contributed by atoms with Gasteiger partial charge in [-0.1, -0.05) is 6.07 Å². The normalized spacial score (nSPS) is 18.6. The SMILES string of the molecule is O=C(c1ccc([N+](=O)[O-])cc1)N1CCC[C@@H]1c1ccc2c(c1)OCCO2. The largest absolute Gasteiger partial charge is 0.486 e. The van der Waals surface area contributed by atoms with Gasteiger partial charge in [-0.25, -0.2) is 0 Å². The van der Waals surface area contributed by atoms with E-state index in [0.717, 1.165) is 24.2 Å². The van der Waals surface area contributed by atoms with Crippen molar-refractivity contribution in [2.75, 3.05) is 19.8 Å². The first kappa shape index (κ1) is 16.4. The van der Waals surface area contributed by atoms with E-state index in [0.29, 0.717) is 31.1 Å². The number of benzene rings is 2. The molecule has 2 aromatic rings. The number of ether oxygens (including phenoxy) is 2. The molecule has 26 heavy (non-hydrogen) atoms. The van der Waals surface area contributed by atoms with Gasteiger partial charge in [-0.2, -0.15) is 0 Å². The van der Waals surface area contributed by atoms with E-state index in [9.17, 15) is 14.9 Å². The highest BCUT2D eigenvalue weighted by atomic mass is 16.6. The van der Waals surface area contributed by atoms with Crippen LogP contribution in [0.1, 0.15) is 34.8 Å². The molecule has 2 aliphatic rings. The maximum Gasteiger partial charge on any atom is 0.269 e. The molecule has 1 fully saturated rings. The van der Waals surface area contributed by atoms with E-state index in [1.165, 1.54) is 24.3 Å². The van der Waals surface area contributed by atoms with E-state index in [2.05, 4.69) is 0 Å². The summed E-state index contributed by atoms with van der Waals surface area (Å²) in [5, 5.41) is 10.8. The molecule has 4 rings (SSSR count). The van der Waals surface area contributed by atoms with E-state index in [-0.39, 0.29) is 17.6 Å². The van der Waals surface area contributed by atoms with Crippen LogP contribution >= 0.6 is 0 Å². The molecule has 0 N–H and O–H groups in total. The molecule has 134 valence electrons. The molecule has 0 unspecified atom stereocenters. The Kier molecular flexibility index (Phi) is 4.20. The Morgan fingerprint density at radius 1 is 1.08 bits per heavy atom. The van der Waals surface area contributed by atoms with Crippen molar-refractivity contribution < 1.29 is 19.2 Å². The number of carbonyl (C=O) groups is 1. The lowest BCUT2D eigenvalue weighted by molar-refractivity contribution is -0.384. The molecule has 0 spiro atoms. The smallest absolute Gasteiger partial charge is 0.269 e. The van der Waals surface area contributed by atoms with Crippen LogP contribution in [0.4, 0.5) is 5.69 Å². The quantitative estimate of drug-likeness (QED) is 0.624. The van der Waals surface area contributed by atoms with Crippen LogP contribution in [-0.2, 0) is 0 Å². The molecule has 2 heterocycles. The van der Waals surface area contributed by atoms with Crippen LogP contribution < -0.4 is 9.47 Å². The van der Waals surface area contributed by atoms with Crippen molar-refractivity contribution in [1.29, 1.82) is 0 Å². The van der Waals surface area contributed by atoms with E-state index in [4.69, 9.17) is 9.47 Å². The molecule has 7 heteroatoms. The molecule has 1 atom stereocenters. The lowest BCUT2D eigenvalue weighted by atomic mass is 10.0. The minimum Gasteiger partial charge on any atom is -0.486 e. The van der Waals surface area contributed by atoms with Gasteiger partial charge < -0.3 is 14.4 Å². The van der Waals surface area contributed by atoms with Gasteiger partial charge in [-0.3, -0.25) is 14.9 Å². The summed E-state index contributed by atoms with van der Waals surface area (Å²) in [7, 11) is 0. The molecule has 2 aromatic carbocycles. The van der Waals surface area contributed by atoms with Crippen molar-refractivity contribution in [3.63, 3.8) is 0 Å². The highest BCUT2D eigenvalue weighted by molar-refractivity contribution is 5.95. The van der Waals surface area contributed by atoms with E-state index in [1.54, 1.807) is 0 Å². The topological polar surface area (TPSA) is 81.9 Å². The number of fused-ring (bicyclic) bond motifs is 1. The number of nitro groups is 1. The number of likely N-dealkylation sites (tertiary alicyclic amines) is 1. The second-order valence-electron chi connectivity index (χ2n) is 6.36. The highest BCUT2D eigenvalue weighted by Gasteiger charge is 2.31. The first-order valence-electron chi connectivity index (χ1n) is 8.58. The van der Waals surface area contributed by atoms with Crippen molar-refractivity contribution >= 4 is 11.6 Å². The van der Waals surface area contributed by atoms with Gasteiger partial charge in [-0.15, -0.1) is 0 Å². The Balaban J connectivity index is 1.58. The summed E-state index contributed by atoms with van der Waals surface area (Å²) in [6, 6.07) is 11.5. The lowest BCUT2D eigenvalue weighted by Gasteiger charge is -2.27. The number of carbonyl (C=O) groups excluding carboxylic acids is 1. The first-order chi connectivity index (χ1) is 12.6. The Bertz CT molecular complexity index is 850. The van der Waals surface area contributed by atoms with Crippen LogP contribution in [-0.4, -0.2) is 35.5 Å². The molecular formula is C19H18N2O5. The number of rotatable bonds is 3. The molecular weight excluding hydrogens is 336 g/mol. The third-order valence-corrected chi connectivity index (χ3v) is 4.79. The summed E-state index contributed by atoms with van der Waals surface area (Å²) in [6.07, 6.45) is 1.79. The van der Waals surface area contributed by atoms with Crippen molar-refractivity contribution in [2.24, 2.45) is 0 Å². The van der Waals surface area contributed by atoms with Gasteiger partial charge in [0.25, 0.3) is 11.6 Å². The number of hydrogen-bond acceptors (Lipinski definition) is 5. The summed E-state index contributed by atoms with van der Waals surface area (Å²) in [6.45, 7) is 1.72. The molecule has 0 radical (unpaired) electrons.